The number of hydrogen-bond acceptors (Lipinski definition) is 1. The van der Waals surface area contributed by atoms with E-state index in [9.17, 15) is 0 Å². The van der Waals surface area contributed by atoms with Crippen LogP contribution in [0.25, 0.3) is 0 Å². The Morgan fingerprint density at radius 2 is 2.33 bits per heavy atom. The standard InChI is InChI=1S/C4H9IO/c1-3-4(5)6-2/h4H,3H2,1-2H3. The van der Waals surface area contributed by atoms with Gasteiger partial charge in [0, 0.05) is 7.11 Å². The van der Waals surface area contributed by atoms with Gasteiger partial charge in [-0.15, -0.1) is 0 Å². The molecule has 6 heavy (non-hydrogen) atoms. The van der Waals surface area contributed by atoms with Crippen molar-refractivity contribution in [3.8, 4) is 0 Å². The van der Waals surface area contributed by atoms with Gasteiger partial charge in [-0.1, -0.05) is 29.5 Å². The van der Waals surface area contributed by atoms with Crippen LogP contribution in [0.1, 0.15) is 13.3 Å². The van der Waals surface area contributed by atoms with Crippen LogP contribution >= 0.6 is 22.6 Å². The second kappa shape index (κ2) is 3.87. The minimum atomic E-state index is 0.405. The lowest BCUT2D eigenvalue weighted by atomic mass is 10.5. The third-order valence-corrected chi connectivity index (χ3v) is 1.97. The van der Waals surface area contributed by atoms with Gasteiger partial charge in [0.25, 0.3) is 0 Å². The summed E-state index contributed by atoms with van der Waals surface area (Å²) in [6.45, 7) is 2.10. The highest BCUT2D eigenvalue weighted by Crippen LogP contribution is 2.03. The Hall–Kier alpha value is 0.690. The molecule has 2 heteroatoms. The molecular weight excluding hydrogens is 191 g/mol. The largest absolute Gasteiger partial charge is 0.371 e. The molecule has 0 aliphatic carbocycles. The summed E-state index contributed by atoms with van der Waals surface area (Å²) in [4.78, 5) is 0. The van der Waals surface area contributed by atoms with Crippen LogP contribution in [0.2, 0.25) is 0 Å². The Labute approximate surface area is 52.2 Å². The molecular formula is C4H9IO. The van der Waals surface area contributed by atoms with Gasteiger partial charge in [-0.3, -0.25) is 0 Å². The highest BCUT2D eigenvalue weighted by Gasteiger charge is 1.90. The number of methoxy groups -OCH3 is 1. The van der Waals surface area contributed by atoms with Crippen molar-refractivity contribution in [1.82, 2.24) is 0 Å². The second-order valence-corrected chi connectivity index (χ2v) is 2.44. The molecule has 0 heterocycles. The van der Waals surface area contributed by atoms with Gasteiger partial charge in [-0.25, -0.2) is 0 Å². The monoisotopic (exact) mass is 200 g/mol. The topological polar surface area (TPSA) is 9.23 Å². The van der Waals surface area contributed by atoms with E-state index >= 15 is 0 Å². The molecule has 0 aromatic heterocycles. The van der Waals surface area contributed by atoms with Crippen LogP contribution in [0.5, 0.6) is 0 Å². The van der Waals surface area contributed by atoms with Crippen LogP contribution in [0, 0.1) is 0 Å². The minimum Gasteiger partial charge on any atom is -0.371 e. The fourth-order valence-corrected chi connectivity index (χ4v) is 0.167. The van der Waals surface area contributed by atoms with E-state index in [4.69, 9.17) is 4.74 Å². The Balaban J connectivity index is 2.75. The maximum absolute atomic E-state index is 4.89. The summed E-state index contributed by atoms with van der Waals surface area (Å²) in [6, 6.07) is 0. The molecule has 0 aromatic carbocycles. The molecule has 0 fully saturated rings. The number of ether oxygens (including phenoxy) is 1. The molecule has 0 saturated carbocycles. The Bertz CT molecular complexity index is 26.7. The van der Waals surface area contributed by atoms with Crippen LogP contribution in [0.3, 0.4) is 0 Å². The van der Waals surface area contributed by atoms with Gasteiger partial charge >= 0.3 is 0 Å². The van der Waals surface area contributed by atoms with Gasteiger partial charge in [0.15, 0.2) is 0 Å². The molecule has 0 aromatic rings. The second-order valence-electron chi connectivity index (χ2n) is 1.05. The van der Waals surface area contributed by atoms with Gasteiger partial charge in [0.1, 0.15) is 4.11 Å². The smallest absolute Gasteiger partial charge is 0.108 e. The minimum absolute atomic E-state index is 0.405. The first-order valence-corrected chi connectivity index (χ1v) is 3.22. The van der Waals surface area contributed by atoms with E-state index in [-0.39, 0.29) is 0 Å². The van der Waals surface area contributed by atoms with Crippen molar-refractivity contribution in [2.45, 2.75) is 17.5 Å². The first-order chi connectivity index (χ1) is 2.81. The number of hydrogen-bond donors (Lipinski definition) is 0. The number of rotatable bonds is 2. The highest BCUT2D eigenvalue weighted by atomic mass is 127. The summed E-state index contributed by atoms with van der Waals surface area (Å²) in [5.74, 6) is 0. The molecule has 0 aliphatic rings. The number of halogens is 1. The summed E-state index contributed by atoms with van der Waals surface area (Å²) in [5.41, 5.74) is 0. The van der Waals surface area contributed by atoms with E-state index in [1.54, 1.807) is 7.11 Å². The molecule has 0 bridgehead atoms. The average Bonchev–Trinajstić information content (AvgIpc) is 1.65. The molecule has 38 valence electrons. The third-order valence-electron chi connectivity index (χ3n) is 0.577. The Morgan fingerprint density at radius 3 is 2.33 bits per heavy atom. The molecule has 0 amide bonds. The van der Waals surface area contributed by atoms with Gasteiger partial charge in [-0.05, 0) is 6.42 Å². The van der Waals surface area contributed by atoms with Crippen LogP contribution in [0.15, 0.2) is 0 Å². The maximum atomic E-state index is 4.89. The first-order valence-electron chi connectivity index (χ1n) is 1.98. The molecule has 0 radical (unpaired) electrons. The van der Waals surface area contributed by atoms with Crippen LogP contribution in [-0.2, 0) is 4.74 Å². The quantitative estimate of drug-likeness (QED) is 0.487. The summed E-state index contributed by atoms with van der Waals surface area (Å²) < 4.78 is 5.29. The average molecular weight is 200 g/mol. The van der Waals surface area contributed by atoms with Crippen molar-refractivity contribution in [2.75, 3.05) is 7.11 Å². The lowest BCUT2D eigenvalue weighted by molar-refractivity contribution is 0.183. The molecule has 1 nitrogen and oxygen atoms in total. The van der Waals surface area contributed by atoms with Gasteiger partial charge < -0.3 is 4.74 Å². The predicted octanol–water partition coefficient (Wildman–Crippen LogP) is 1.80. The van der Waals surface area contributed by atoms with Crippen molar-refractivity contribution in [1.29, 1.82) is 0 Å². The Kier molecular flexibility index (Phi) is 4.31. The molecule has 0 rings (SSSR count). The van der Waals surface area contributed by atoms with Crippen LogP contribution in [0.4, 0.5) is 0 Å². The van der Waals surface area contributed by atoms with Crippen molar-refractivity contribution in [2.24, 2.45) is 0 Å². The van der Waals surface area contributed by atoms with Crippen molar-refractivity contribution >= 4 is 22.6 Å². The van der Waals surface area contributed by atoms with E-state index in [1.165, 1.54) is 0 Å². The van der Waals surface area contributed by atoms with Gasteiger partial charge in [0.2, 0.25) is 0 Å². The SMILES string of the molecule is CCC(I)OC. The third kappa shape index (κ3) is 2.90. The highest BCUT2D eigenvalue weighted by molar-refractivity contribution is 14.1. The van der Waals surface area contributed by atoms with Crippen LogP contribution in [-0.4, -0.2) is 11.2 Å². The zero-order chi connectivity index (χ0) is 4.99. The van der Waals surface area contributed by atoms with Gasteiger partial charge in [-0.2, -0.15) is 0 Å². The summed E-state index contributed by atoms with van der Waals surface area (Å²) >= 11 is 2.25. The molecule has 0 spiro atoms. The summed E-state index contributed by atoms with van der Waals surface area (Å²) in [5, 5.41) is 0. The molecule has 0 aliphatic heterocycles. The molecule has 0 N–H and O–H groups in total. The lowest BCUT2D eigenvalue weighted by Gasteiger charge is -1.99. The lowest BCUT2D eigenvalue weighted by Crippen LogP contribution is -1.95. The van der Waals surface area contributed by atoms with E-state index in [0.717, 1.165) is 6.42 Å². The van der Waals surface area contributed by atoms with Crippen molar-refractivity contribution in [3.63, 3.8) is 0 Å². The maximum Gasteiger partial charge on any atom is 0.108 e. The van der Waals surface area contributed by atoms with E-state index in [1.807, 2.05) is 0 Å². The fourth-order valence-electron chi connectivity index (χ4n) is 0.167. The molecule has 0 saturated heterocycles. The number of alkyl halides is 1. The summed E-state index contributed by atoms with van der Waals surface area (Å²) in [7, 11) is 1.72. The van der Waals surface area contributed by atoms with E-state index in [2.05, 4.69) is 29.5 Å². The normalized spacial score (nSPS) is 14.5. The predicted molar refractivity (Wildman–Crippen MR) is 35.1 cm³/mol. The molecule has 1 unspecified atom stereocenters. The Morgan fingerprint density at radius 1 is 1.83 bits per heavy atom. The van der Waals surface area contributed by atoms with E-state index in [0.29, 0.717) is 4.11 Å². The van der Waals surface area contributed by atoms with Crippen molar-refractivity contribution in [3.05, 3.63) is 0 Å². The first kappa shape index (κ1) is 6.69. The fraction of sp³-hybridized carbons (Fsp3) is 1.00. The zero-order valence-electron chi connectivity index (χ0n) is 4.07. The zero-order valence-corrected chi connectivity index (χ0v) is 6.23. The molecule has 1 atom stereocenters. The van der Waals surface area contributed by atoms with E-state index < -0.39 is 0 Å². The van der Waals surface area contributed by atoms with Crippen LogP contribution < -0.4 is 0 Å². The van der Waals surface area contributed by atoms with Crippen molar-refractivity contribution < 1.29 is 4.74 Å². The van der Waals surface area contributed by atoms with Gasteiger partial charge in [0.05, 0.1) is 0 Å². The summed E-state index contributed by atoms with van der Waals surface area (Å²) in [6.07, 6.45) is 1.09.